The molecule has 0 amide bonds. The Balaban J connectivity index is 2.04. The summed E-state index contributed by atoms with van der Waals surface area (Å²) in [5.74, 6) is 1.36. The number of nitrogen functional groups attached to an aromatic ring is 1. The second-order valence-electron chi connectivity index (χ2n) is 5.16. The van der Waals surface area contributed by atoms with Crippen LogP contribution in [0.4, 0.5) is 5.95 Å². The van der Waals surface area contributed by atoms with Gasteiger partial charge in [0.15, 0.2) is 0 Å². The van der Waals surface area contributed by atoms with Crippen LogP contribution in [-0.2, 0) is 11.3 Å². The van der Waals surface area contributed by atoms with Gasteiger partial charge in [0.2, 0.25) is 5.95 Å². The SMILES string of the molecule is CO/N=C1\CC(c2ccccc2OC)Cc2nc(N)ncc21. The molecule has 0 fully saturated rings. The molecule has 0 saturated heterocycles. The van der Waals surface area contributed by atoms with Gasteiger partial charge in [-0.05, 0) is 24.0 Å². The van der Waals surface area contributed by atoms with Crippen LogP contribution >= 0.6 is 0 Å². The highest BCUT2D eigenvalue weighted by atomic mass is 16.6. The first-order valence-electron chi connectivity index (χ1n) is 7.07. The molecule has 0 saturated carbocycles. The predicted molar refractivity (Wildman–Crippen MR) is 84.0 cm³/mol. The van der Waals surface area contributed by atoms with E-state index in [0.717, 1.165) is 41.1 Å². The molecule has 1 aliphatic rings. The van der Waals surface area contributed by atoms with Gasteiger partial charge in [-0.1, -0.05) is 23.4 Å². The highest BCUT2D eigenvalue weighted by Crippen LogP contribution is 2.36. The fraction of sp³-hybridized carbons (Fsp3) is 0.312. The summed E-state index contributed by atoms with van der Waals surface area (Å²) in [6, 6.07) is 8.01. The molecule has 6 heteroatoms. The fourth-order valence-corrected chi connectivity index (χ4v) is 2.90. The monoisotopic (exact) mass is 298 g/mol. The number of methoxy groups -OCH3 is 1. The standard InChI is InChI=1S/C16H18N4O2/c1-21-15-6-4-3-5-11(15)10-7-13-12(9-18-16(17)19-13)14(8-10)20-22-2/h3-6,9-10H,7-8H2,1-2H3,(H2,17,18,19)/b20-14+. The van der Waals surface area contributed by atoms with Crippen LogP contribution < -0.4 is 10.5 Å². The summed E-state index contributed by atoms with van der Waals surface area (Å²) in [6.45, 7) is 0. The minimum absolute atomic E-state index is 0.215. The number of anilines is 1. The van der Waals surface area contributed by atoms with Crippen LogP contribution in [0.1, 0.15) is 29.2 Å². The Bertz CT molecular complexity index is 715. The van der Waals surface area contributed by atoms with Crippen molar-refractivity contribution in [2.24, 2.45) is 5.16 Å². The molecule has 0 aliphatic heterocycles. The van der Waals surface area contributed by atoms with Crippen LogP contribution in [0.15, 0.2) is 35.6 Å². The minimum atomic E-state index is 0.215. The molecule has 1 aliphatic carbocycles. The predicted octanol–water partition coefficient (Wildman–Crippen LogP) is 2.15. The normalized spacial score (nSPS) is 18.8. The number of nitrogens with two attached hydrogens (primary N) is 1. The fourth-order valence-electron chi connectivity index (χ4n) is 2.90. The van der Waals surface area contributed by atoms with Gasteiger partial charge in [-0.15, -0.1) is 0 Å². The topological polar surface area (TPSA) is 82.6 Å². The zero-order chi connectivity index (χ0) is 15.5. The zero-order valence-electron chi connectivity index (χ0n) is 12.6. The lowest BCUT2D eigenvalue weighted by Crippen LogP contribution is -2.22. The maximum Gasteiger partial charge on any atom is 0.220 e. The number of para-hydroxylation sites is 1. The van der Waals surface area contributed by atoms with Crippen molar-refractivity contribution < 1.29 is 9.57 Å². The molecule has 3 rings (SSSR count). The van der Waals surface area contributed by atoms with E-state index in [1.54, 1.807) is 13.3 Å². The lowest BCUT2D eigenvalue weighted by molar-refractivity contribution is 0.212. The van der Waals surface area contributed by atoms with Crippen molar-refractivity contribution in [1.82, 2.24) is 9.97 Å². The smallest absolute Gasteiger partial charge is 0.220 e. The first kappa shape index (κ1) is 14.3. The summed E-state index contributed by atoms with van der Waals surface area (Å²) in [5.41, 5.74) is 9.49. The molecule has 1 aromatic carbocycles. The van der Waals surface area contributed by atoms with E-state index in [9.17, 15) is 0 Å². The van der Waals surface area contributed by atoms with E-state index in [2.05, 4.69) is 21.2 Å². The third-order valence-corrected chi connectivity index (χ3v) is 3.86. The van der Waals surface area contributed by atoms with Gasteiger partial charge in [0.05, 0.1) is 18.5 Å². The molecule has 1 unspecified atom stereocenters. The van der Waals surface area contributed by atoms with Gasteiger partial charge in [-0.2, -0.15) is 0 Å². The van der Waals surface area contributed by atoms with Gasteiger partial charge in [0.1, 0.15) is 12.9 Å². The maximum atomic E-state index is 5.72. The highest BCUT2D eigenvalue weighted by molar-refractivity contribution is 6.02. The van der Waals surface area contributed by atoms with Crippen molar-refractivity contribution in [3.8, 4) is 5.75 Å². The zero-order valence-corrected chi connectivity index (χ0v) is 12.6. The van der Waals surface area contributed by atoms with E-state index in [4.69, 9.17) is 15.3 Å². The molecule has 2 aromatic rings. The van der Waals surface area contributed by atoms with Crippen molar-refractivity contribution in [3.63, 3.8) is 0 Å². The van der Waals surface area contributed by atoms with Crippen LogP contribution in [0.2, 0.25) is 0 Å². The van der Waals surface area contributed by atoms with Gasteiger partial charge in [-0.25, -0.2) is 9.97 Å². The van der Waals surface area contributed by atoms with Crippen LogP contribution in [-0.4, -0.2) is 29.9 Å². The Morgan fingerprint density at radius 1 is 1.23 bits per heavy atom. The van der Waals surface area contributed by atoms with Gasteiger partial charge in [0.25, 0.3) is 0 Å². The lowest BCUT2D eigenvalue weighted by atomic mass is 9.81. The number of ether oxygens (including phenoxy) is 1. The lowest BCUT2D eigenvalue weighted by Gasteiger charge is -2.26. The Labute approximate surface area is 129 Å². The van der Waals surface area contributed by atoms with Gasteiger partial charge in [-0.3, -0.25) is 0 Å². The summed E-state index contributed by atoms with van der Waals surface area (Å²) in [7, 11) is 3.22. The molecule has 6 nitrogen and oxygen atoms in total. The van der Waals surface area contributed by atoms with Crippen molar-refractivity contribution in [2.75, 3.05) is 20.0 Å². The number of aromatic nitrogens is 2. The third kappa shape index (κ3) is 2.59. The summed E-state index contributed by atoms with van der Waals surface area (Å²) in [4.78, 5) is 13.4. The van der Waals surface area contributed by atoms with Crippen molar-refractivity contribution in [1.29, 1.82) is 0 Å². The van der Waals surface area contributed by atoms with E-state index in [1.165, 1.54) is 7.11 Å². The van der Waals surface area contributed by atoms with Crippen LogP contribution in [0.3, 0.4) is 0 Å². The number of fused-ring (bicyclic) bond motifs is 1. The molecule has 0 radical (unpaired) electrons. The van der Waals surface area contributed by atoms with E-state index in [0.29, 0.717) is 0 Å². The quantitative estimate of drug-likeness (QED) is 0.878. The molecular formula is C16H18N4O2. The summed E-state index contributed by atoms with van der Waals surface area (Å²) in [5, 5.41) is 4.14. The van der Waals surface area contributed by atoms with E-state index >= 15 is 0 Å². The molecular weight excluding hydrogens is 280 g/mol. The van der Waals surface area contributed by atoms with Crippen molar-refractivity contribution >= 4 is 11.7 Å². The number of nitrogens with zero attached hydrogens (tertiary/aromatic N) is 3. The van der Waals surface area contributed by atoms with E-state index in [1.807, 2.05) is 18.2 Å². The van der Waals surface area contributed by atoms with Gasteiger partial charge in [0, 0.05) is 18.2 Å². The number of hydrogen-bond donors (Lipinski definition) is 1. The van der Waals surface area contributed by atoms with E-state index in [-0.39, 0.29) is 11.9 Å². The van der Waals surface area contributed by atoms with Crippen LogP contribution in [0.5, 0.6) is 5.75 Å². The molecule has 22 heavy (non-hydrogen) atoms. The summed E-state index contributed by atoms with van der Waals surface area (Å²) >= 11 is 0. The molecule has 114 valence electrons. The van der Waals surface area contributed by atoms with E-state index < -0.39 is 0 Å². The summed E-state index contributed by atoms with van der Waals surface area (Å²) in [6.07, 6.45) is 3.23. The molecule has 1 aromatic heterocycles. The third-order valence-electron chi connectivity index (χ3n) is 3.86. The average Bonchev–Trinajstić information content (AvgIpc) is 2.54. The first-order chi connectivity index (χ1) is 10.7. The Morgan fingerprint density at radius 2 is 2.05 bits per heavy atom. The molecule has 1 atom stereocenters. The van der Waals surface area contributed by atoms with Crippen LogP contribution in [0, 0.1) is 0 Å². The molecule has 2 N–H and O–H groups in total. The molecule has 0 spiro atoms. The number of rotatable bonds is 3. The Morgan fingerprint density at radius 3 is 2.82 bits per heavy atom. The first-order valence-corrected chi connectivity index (χ1v) is 7.07. The number of oxime groups is 1. The largest absolute Gasteiger partial charge is 0.496 e. The number of benzene rings is 1. The minimum Gasteiger partial charge on any atom is -0.496 e. The summed E-state index contributed by atoms with van der Waals surface area (Å²) < 4.78 is 5.48. The van der Waals surface area contributed by atoms with Gasteiger partial charge >= 0.3 is 0 Å². The second-order valence-corrected chi connectivity index (χ2v) is 5.16. The Hall–Kier alpha value is -2.63. The molecule has 1 heterocycles. The average molecular weight is 298 g/mol. The van der Waals surface area contributed by atoms with Crippen LogP contribution in [0.25, 0.3) is 0 Å². The molecule has 0 bridgehead atoms. The second kappa shape index (κ2) is 6.01. The highest BCUT2D eigenvalue weighted by Gasteiger charge is 2.28. The van der Waals surface area contributed by atoms with Crippen molar-refractivity contribution in [3.05, 3.63) is 47.3 Å². The van der Waals surface area contributed by atoms with Crippen molar-refractivity contribution in [2.45, 2.75) is 18.8 Å². The Kier molecular flexibility index (Phi) is 3.91. The van der Waals surface area contributed by atoms with Gasteiger partial charge < -0.3 is 15.3 Å². The number of hydrogen-bond acceptors (Lipinski definition) is 6. The maximum absolute atomic E-state index is 5.72.